The molecular weight excluding hydrogens is 286 g/mol. The molecule has 0 saturated heterocycles. The molecule has 1 amide bonds. The predicted octanol–water partition coefficient (Wildman–Crippen LogP) is 1.55. The number of amides is 1. The molecule has 0 radical (unpaired) electrons. The van der Waals surface area contributed by atoms with Crippen LogP contribution >= 0.6 is 0 Å². The van der Waals surface area contributed by atoms with Gasteiger partial charge in [0.25, 0.3) is 5.91 Å². The van der Waals surface area contributed by atoms with E-state index in [0.717, 1.165) is 6.42 Å². The fraction of sp³-hybridized carbons (Fsp3) is 0.267. The van der Waals surface area contributed by atoms with Gasteiger partial charge in [0.05, 0.1) is 25.6 Å². The van der Waals surface area contributed by atoms with E-state index in [1.165, 1.54) is 18.0 Å². The van der Waals surface area contributed by atoms with E-state index in [4.69, 9.17) is 10.5 Å². The van der Waals surface area contributed by atoms with Crippen LogP contribution in [-0.4, -0.2) is 35.4 Å². The van der Waals surface area contributed by atoms with Crippen molar-refractivity contribution in [3.63, 3.8) is 0 Å². The Kier molecular flexibility index (Phi) is 4.77. The molecule has 1 aromatic heterocycles. The number of nitrogens with zero attached hydrogens (tertiary/aromatic N) is 2. The minimum atomic E-state index is -0.760. The van der Waals surface area contributed by atoms with Gasteiger partial charge in [-0.05, 0) is 30.7 Å². The van der Waals surface area contributed by atoms with Crippen LogP contribution in [0.2, 0.25) is 0 Å². The number of esters is 1. The Bertz CT molecular complexity index is 677. The van der Waals surface area contributed by atoms with Gasteiger partial charge in [0, 0.05) is 0 Å². The van der Waals surface area contributed by atoms with Crippen molar-refractivity contribution in [2.75, 3.05) is 13.7 Å². The normalized spacial score (nSPS) is 10.3. The number of methoxy groups -OCH3 is 1. The maximum absolute atomic E-state index is 11.7. The first kappa shape index (κ1) is 15.6. The molecule has 1 heterocycles. The number of ether oxygens (including phenoxy) is 2. The molecule has 0 aliphatic heterocycles. The fourth-order valence-corrected chi connectivity index (χ4v) is 1.94. The van der Waals surface area contributed by atoms with Gasteiger partial charge in [0.2, 0.25) is 0 Å². The highest BCUT2D eigenvalue weighted by Gasteiger charge is 2.22. The van der Waals surface area contributed by atoms with Crippen molar-refractivity contribution >= 4 is 11.9 Å². The summed E-state index contributed by atoms with van der Waals surface area (Å²) in [6.07, 6.45) is 2.17. The second-order valence-electron chi connectivity index (χ2n) is 4.52. The van der Waals surface area contributed by atoms with Gasteiger partial charge in [-0.2, -0.15) is 5.10 Å². The fourth-order valence-electron chi connectivity index (χ4n) is 1.94. The number of carbonyl (C=O) groups excluding carboxylic acids is 2. The second kappa shape index (κ2) is 6.75. The maximum Gasteiger partial charge on any atom is 0.341 e. The first-order valence-electron chi connectivity index (χ1n) is 6.77. The molecule has 0 bridgehead atoms. The van der Waals surface area contributed by atoms with Crippen molar-refractivity contribution in [3.8, 4) is 11.4 Å². The third kappa shape index (κ3) is 3.08. The van der Waals surface area contributed by atoms with Crippen molar-refractivity contribution in [2.24, 2.45) is 5.73 Å². The molecule has 2 N–H and O–H groups in total. The summed E-state index contributed by atoms with van der Waals surface area (Å²) in [5, 5.41) is 4.04. The summed E-state index contributed by atoms with van der Waals surface area (Å²) < 4.78 is 11.4. The average Bonchev–Trinajstić information content (AvgIpc) is 2.97. The van der Waals surface area contributed by atoms with E-state index >= 15 is 0 Å². The number of benzene rings is 1. The summed E-state index contributed by atoms with van der Waals surface area (Å²) in [5.41, 5.74) is 5.95. The first-order chi connectivity index (χ1) is 10.6. The largest absolute Gasteiger partial charge is 0.494 e. The van der Waals surface area contributed by atoms with Crippen molar-refractivity contribution in [3.05, 3.63) is 41.7 Å². The maximum atomic E-state index is 11.7. The Labute approximate surface area is 127 Å². The van der Waals surface area contributed by atoms with Gasteiger partial charge >= 0.3 is 5.97 Å². The van der Waals surface area contributed by atoms with Crippen LogP contribution in [0.1, 0.15) is 34.2 Å². The van der Waals surface area contributed by atoms with Crippen molar-refractivity contribution < 1.29 is 19.1 Å². The van der Waals surface area contributed by atoms with E-state index < -0.39 is 11.9 Å². The van der Waals surface area contributed by atoms with Crippen molar-refractivity contribution in [1.82, 2.24) is 9.78 Å². The van der Waals surface area contributed by atoms with E-state index in [-0.39, 0.29) is 11.3 Å². The Morgan fingerprint density at radius 3 is 2.50 bits per heavy atom. The average molecular weight is 303 g/mol. The van der Waals surface area contributed by atoms with Gasteiger partial charge in [0.15, 0.2) is 0 Å². The van der Waals surface area contributed by atoms with Gasteiger partial charge in [-0.25, -0.2) is 9.48 Å². The molecule has 116 valence electrons. The van der Waals surface area contributed by atoms with Crippen LogP contribution in [0.3, 0.4) is 0 Å². The molecule has 22 heavy (non-hydrogen) atoms. The molecule has 1 aromatic carbocycles. The molecule has 0 aliphatic carbocycles. The van der Waals surface area contributed by atoms with E-state index in [0.29, 0.717) is 18.0 Å². The number of hydrogen-bond donors (Lipinski definition) is 1. The number of primary amides is 1. The van der Waals surface area contributed by atoms with Crippen molar-refractivity contribution in [1.29, 1.82) is 0 Å². The molecule has 7 nitrogen and oxygen atoms in total. The molecule has 0 spiro atoms. The molecule has 0 saturated carbocycles. The highest BCUT2D eigenvalue weighted by molar-refractivity contribution is 6.03. The van der Waals surface area contributed by atoms with Crippen LogP contribution in [0.5, 0.6) is 5.75 Å². The highest BCUT2D eigenvalue weighted by Crippen LogP contribution is 2.19. The second-order valence-corrected chi connectivity index (χ2v) is 4.52. The Hall–Kier alpha value is -2.83. The van der Waals surface area contributed by atoms with Gasteiger partial charge in [-0.3, -0.25) is 4.79 Å². The van der Waals surface area contributed by atoms with E-state index in [2.05, 4.69) is 9.84 Å². The monoisotopic (exact) mass is 303 g/mol. The summed E-state index contributed by atoms with van der Waals surface area (Å²) in [6, 6.07) is 6.97. The van der Waals surface area contributed by atoms with Gasteiger partial charge in [-0.1, -0.05) is 6.92 Å². The van der Waals surface area contributed by atoms with Gasteiger partial charge in [0.1, 0.15) is 17.0 Å². The first-order valence-corrected chi connectivity index (χ1v) is 6.77. The number of rotatable bonds is 6. The molecule has 2 aromatic rings. The molecule has 0 fully saturated rings. The van der Waals surface area contributed by atoms with Gasteiger partial charge in [-0.15, -0.1) is 0 Å². The lowest BCUT2D eigenvalue weighted by molar-refractivity contribution is 0.0597. The SMILES string of the molecule is CCCOc1ccc(-n2ncc(C(=O)OC)c2C(N)=O)cc1. The molecule has 0 aliphatic rings. The summed E-state index contributed by atoms with van der Waals surface area (Å²) in [5.74, 6) is -0.710. The van der Waals surface area contributed by atoms with Crippen LogP contribution in [0.25, 0.3) is 5.69 Å². The lowest BCUT2D eigenvalue weighted by Gasteiger charge is -2.08. The van der Waals surface area contributed by atoms with Crippen molar-refractivity contribution in [2.45, 2.75) is 13.3 Å². The van der Waals surface area contributed by atoms with E-state index in [1.54, 1.807) is 24.3 Å². The van der Waals surface area contributed by atoms with E-state index in [1.807, 2.05) is 6.92 Å². The zero-order valence-corrected chi connectivity index (χ0v) is 12.4. The number of nitrogens with two attached hydrogens (primary N) is 1. The summed E-state index contributed by atoms with van der Waals surface area (Å²) >= 11 is 0. The standard InChI is InChI=1S/C15H17N3O4/c1-3-8-22-11-6-4-10(5-7-11)18-13(14(16)19)12(9-17-18)15(20)21-2/h4-7,9H,3,8H2,1-2H3,(H2,16,19). The number of aromatic nitrogens is 2. The summed E-state index contributed by atoms with van der Waals surface area (Å²) in [7, 11) is 1.23. The quantitative estimate of drug-likeness (QED) is 0.817. The smallest absolute Gasteiger partial charge is 0.341 e. The van der Waals surface area contributed by atoms with Crippen LogP contribution in [0, 0.1) is 0 Å². The number of carbonyl (C=O) groups is 2. The van der Waals surface area contributed by atoms with E-state index in [9.17, 15) is 9.59 Å². The molecule has 0 unspecified atom stereocenters. The highest BCUT2D eigenvalue weighted by atomic mass is 16.5. The number of hydrogen-bond acceptors (Lipinski definition) is 5. The lowest BCUT2D eigenvalue weighted by Crippen LogP contribution is -2.20. The molecule has 0 atom stereocenters. The predicted molar refractivity (Wildman–Crippen MR) is 79.2 cm³/mol. The third-order valence-corrected chi connectivity index (χ3v) is 2.96. The Morgan fingerprint density at radius 2 is 1.95 bits per heavy atom. The summed E-state index contributed by atoms with van der Waals surface area (Å²) in [6.45, 7) is 2.64. The Morgan fingerprint density at radius 1 is 1.27 bits per heavy atom. The zero-order valence-electron chi connectivity index (χ0n) is 12.4. The van der Waals surface area contributed by atoms with Crippen LogP contribution in [0.15, 0.2) is 30.5 Å². The topological polar surface area (TPSA) is 96.4 Å². The third-order valence-electron chi connectivity index (χ3n) is 2.96. The minimum absolute atomic E-state index is 0.0194. The van der Waals surface area contributed by atoms with Gasteiger partial charge < -0.3 is 15.2 Å². The van der Waals surface area contributed by atoms with Crippen LogP contribution < -0.4 is 10.5 Å². The minimum Gasteiger partial charge on any atom is -0.494 e. The van der Waals surface area contributed by atoms with Crippen LogP contribution in [-0.2, 0) is 4.74 Å². The molecule has 7 heteroatoms. The molecule has 2 rings (SSSR count). The molecular formula is C15H17N3O4. The Balaban J connectivity index is 2.38. The lowest BCUT2D eigenvalue weighted by atomic mass is 10.2. The van der Waals surface area contributed by atoms with Crippen LogP contribution in [0.4, 0.5) is 0 Å². The zero-order chi connectivity index (χ0) is 16.1. The summed E-state index contributed by atoms with van der Waals surface area (Å²) in [4.78, 5) is 23.3.